The lowest BCUT2D eigenvalue weighted by atomic mass is 9.83. The summed E-state index contributed by atoms with van der Waals surface area (Å²) in [5, 5.41) is 3.19. The van der Waals surface area contributed by atoms with Crippen LogP contribution in [-0.4, -0.2) is 7.05 Å². The lowest BCUT2D eigenvalue weighted by molar-refractivity contribution is 0.591. The first-order valence-corrected chi connectivity index (χ1v) is 6.23. The van der Waals surface area contributed by atoms with Gasteiger partial charge < -0.3 is 11.1 Å². The molecule has 18 heavy (non-hydrogen) atoms. The molecule has 0 saturated carbocycles. The van der Waals surface area contributed by atoms with Crippen molar-refractivity contribution in [2.75, 3.05) is 7.05 Å². The molecule has 2 nitrogen and oxygen atoms in total. The van der Waals surface area contributed by atoms with Crippen LogP contribution in [0.5, 0.6) is 0 Å². The van der Waals surface area contributed by atoms with Crippen LogP contribution in [0, 0.1) is 0 Å². The first-order valence-electron chi connectivity index (χ1n) is 6.23. The summed E-state index contributed by atoms with van der Waals surface area (Å²) >= 11 is 0. The maximum atomic E-state index is 6.56. The maximum absolute atomic E-state index is 6.56. The average molecular weight is 240 g/mol. The molecule has 0 amide bonds. The zero-order valence-electron chi connectivity index (χ0n) is 11.0. The highest BCUT2D eigenvalue weighted by molar-refractivity contribution is 5.41. The van der Waals surface area contributed by atoms with E-state index in [1.54, 1.807) is 0 Å². The second kappa shape index (κ2) is 5.34. The Bertz CT molecular complexity index is 504. The van der Waals surface area contributed by atoms with E-state index < -0.39 is 5.54 Å². The molecule has 0 heterocycles. The third-order valence-corrected chi connectivity index (χ3v) is 3.32. The lowest BCUT2D eigenvalue weighted by Gasteiger charge is -2.28. The molecular formula is C16H20N2. The average Bonchev–Trinajstić information content (AvgIpc) is 2.41. The van der Waals surface area contributed by atoms with Crippen molar-refractivity contribution in [1.82, 2.24) is 5.32 Å². The number of nitrogens with one attached hydrogen (secondary N) is 1. The molecule has 0 aliphatic rings. The van der Waals surface area contributed by atoms with Gasteiger partial charge in [-0.25, -0.2) is 0 Å². The summed E-state index contributed by atoms with van der Waals surface area (Å²) in [5.41, 5.74) is 9.65. The molecule has 2 heteroatoms. The Morgan fingerprint density at radius 2 is 1.61 bits per heavy atom. The number of benzene rings is 2. The van der Waals surface area contributed by atoms with Crippen LogP contribution in [-0.2, 0) is 12.1 Å². The molecule has 3 N–H and O–H groups in total. The smallest absolute Gasteiger partial charge is 0.0640 e. The van der Waals surface area contributed by atoms with Gasteiger partial charge in [0.2, 0.25) is 0 Å². The van der Waals surface area contributed by atoms with E-state index in [1.165, 1.54) is 11.1 Å². The fourth-order valence-electron chi connectivity index (χ4n) is 2.31. The Kier molecular flexibility index (Phi) is 3.80. The number of nitrogens with two attached hydrogens (primary N) is 1. The highest BCUT2D eigenvalue weighted by atomic mass is 14.8. The van der Waals surface area contributed by atoms with Crippen molar-refractivity contribution in [3.8, 4) is 0 Å². The molecule has 2 rings (SSSR count). The van der Waals surface area contributed by atoms with Crippen LogP contribution in [0.3, 0.4) is 0 Å². The summed E-state index contributed by atoms with van der Waals surface area (Å²) in [4.78, 5) is 0. The quantitative estimate of drug-likeness (QED) is 0.862. The van der Waals surface area contributed by atoms with Crippen molar-refractivity contribution in [2.24, 2.45) is 5.73 Å². The highest BCUT2D eigenvalue weighted by Crippen LogP contribution is 2.28. The fourth-order valence-corrected chi connectivity index (χ4v) is 2.31. The second-order valence-electron chi connectivity index (χ2n) is 4.76. The lowest BCUT2D eigenvalue weighted by Crippen LogP contribution is -2.35. The zero-order valence-corrected chi connectivity index (χ0v) is 11.0. The monoisotopic (exact) mass is 240 g/mol. The summed E-state index contributed by atoms with van der Waals surface area (Å²) in [6, 6.07) is 18.6. The van der Waals surface area contributed by atoms with Crippen molar-refractivity contribution in [2.45, 2.75) is 19.0 Å². The van der Waals surface area contributed by atoms with Crippen molar-refractivity contribution >= 4 is 0 Å². The predicted octanol–water partition coefficient (Wildman–Crippen LogP) is 2.63. The number of rotatable bonds is 4. The van der Waals surface area contributed by atoms with Gasteiger partial charge in [-0.15, -0.1) is 0 Å². The van der Waals surface area contributed by atoms with Crippen molar-refractivity contribution in [3.05, 3.63) is 71.3 Å². The molecular weight excluding hydrogens is 220 g/mol. The van der Waals surface area contributed by atoms with E-state index in [-0.39, 0.29) is 0 Å². The molecule has 0 bridgehead atoms. The molecule has 0 fully saturated rings. The Morgan fingerprint density at radius 3 is 2.28 bits per heavy atom. The van der Waals surface area contributed by atoms with Crippen molar-refractivity contribution in [1.29, 1.82) is 0 Å². The molecule has 0 aliphatic heterocycles. The second-order valence-corrected chi connectivity index (χ2v) is 4.76. The third kappa shape index (κ3) is 2.45. The number of hydrogen-bond acceptors (Lipinski definition) is 2. The minimum atomic E-state index is -0.464. The van der Waals surface area contributed by atoms with Gasteiger partial charge in [-0.1, -0.05) is 54.6 Å². The predicted molar refractivity (Wildman–Crippen MR) is 76.3 cm³/mol. The van der Waals surface area contributed by atoms with Gasteiger partial charge in [-0.05, 0) is 30.7 Å². The Labute approximate surface area is 109 Å². The molecule has 0 aromatic heterocycles. The Balaban J connectivity index is 2.47. The summed E-state index contributed by atoms with van der Waals surface area (Å²) < 4.78 is 0. The molecule has 0 saturated heterocycles. The van der Waals surface area contributed by atoms with E-state index in [2.05, 4.69) is 42.6 Å². The van der Waals surface area contributed by atoms with Crippen molar-refractivity contribution < 1.29 is 0 Å². The van der Waals surface area contributed by atoms with E-state index in [1.807, 2.05) is 31.3 Å². The molecule has 94 valence electrons. The van der Waals surface area contributed by atoms with Gasteiger partial charge >= 0.3 is 0 Å². The largest absolute Gasteiger partial charge is 0.318 e. The van der Waals surface area contributed by atoms with E-state index in [0.29, 0.717) is 0 Å². The van der Waals surface area contributed by atoms with Gasteiger partial charge in [-0.2, -0.15) is 0 Å². The summed E-state index contributed by atoms with van der Waals surface area (Å²) in [5.74, 6) is 0. The topological polar surface area (TPSA) is 38.0 Å². The van der Waals surface area contributed by atoms with Gasteiger partial charge in [0.05, 0.1) is 5.54 Å². The van der Waals surface area contributed by atoms with Crippen LogP contribution >= 0.6 is 0 Å². The summed E-state index contributed by atoms with van der Waals surface area (Å²) in [6.07, 6.45) is 0. The van der Waals surface area contributed by atoms with Gasteiger partial charge in [0.1, 0.15) is 0 Å². The number of hydrogen-bond donors (Lipinski definition) is 2. The normalized spacial score (nSPS) is 14.2. The van der Waals surface area contributed by atoms with E-state index >= 15 is 0 Å². The molecule has 1 atom stereocenters. The zero-order chi connectivity index (χ0) is 13.0. The Hall–Kier alpha value is -1.64. The summed E-state index contributed by atoms with van der Waals surface area (Å²) in [7, 11) is 1.95. The van der Waals surface area contributed by atoms with Gasteiger partial charge in [0.15, 0.2) is 0 Å². The Morgan fingerprint density at radius 1 is 1.00 bits per heavy atom. The first-order chi connectivity index (χ1) is 8.66. The van der Waals surface area contributed by atoms with E-state index in [0.717, 1.165) is 12.1 Å². The third-order valence-electron chi connectivity index (χ3n) is 3.32. The summed E-state index contributed by atoms with van der Waals surface area (Å²) in [6.45, 7) is 2.90. The van der Waals surface area contributed by atoms with Crippen LogP contribution in [0.2, 0.25) is 0 Å². The first kappa shape index (κ1) is 12.8. The van der Waals surface area contributed by atoms with Crippen LogP contribution < -0.4 is 11.1 Å². The van der Waals surface area contributed by atoms with E-state index in [4.69, 9.17) is 5.73 Å². The van der Waals surface area contributed by atoms with Gasteiger partial charge in [0.25, 0.3) is 0 Å². The molecule has 0 radical (unpaired) electrons. The molecule has 1 unspecified atom stereocenters. The standard InChI is InChI=1S/C16H20N2/c1-16(17,14-9-4-3-5-10-14)15-11-7-6-8-13(15)12-18-2/h3-11,18H,12,17H2,1-2H3. The minimum Gasteiger partial charge on any atom is -0.318 e. The fraction of sp³-hybridized carbons (Fsp3) is 0.250. The molecule has 2 aromatic carbocycles. The van der Waals surface area contributed by atoms with Crippen LogP contribution in [0.15, 0.2) is 54.6 Å². The molecule has 0 aliphatic carbocycles. The van der Waals surface area contributed by atoms with Gasteiger partial charge in [0, 0.05) is 6.54 Å². The van der Waals surface area contributed by atoms with E-state index in [9.17, 15) is 0 Å². The van der Waals surface area contributed by atoms with Crippen LogP contribution in [0.1, 0.15) is 23.6 Å². The molecule has 0 spiro atoms. The van der Waals surface area contributed by atoms with Crippen LogP contribution in [0.4, 0.5) is 0 Å². The highest BCUT2D eigenvalue weighted by Gasteiger charge is 2.25. The van der Waals surface area contributed by atoms with Gasteiger partial charge in [-0.3, -0.25) is 0 Å². The molecule has 2 aromatic rings. The van der Waals surface area contributed by atoms with Crippen LogP contribution in [0.25, 0.3) is 0 Å². The van der Waals surface area contributed by atoms with Crippen molar-refractivity contribution in [3.63, 3.8) is 0 Å². The minimum absolute atomic E-state index is 0.464. The maximum Gasteiger partial charge on any atom is 0.0640 e. The SMILES string of the molecule is CNCc1ccccc1C(C)(N)c1ccccc1.